The van der Waals surface area contributed by atoms with Crippen LogP contribution in [0.15, 0.2) is 0 Å². The number of likely N-dealkylation sites (N-methyl/N-ethyl adjacent to an activating group) is 1. The molecule has 1 spiro atoms. The zero-order chi connectivity index (χ0) is 10.9. The molecule has 1 N–H and O–H groups in total. The van der Waals surface area contributed by atoms with Crippen molar-refractivity contribution in [3.8, 4) is 0 Å². The largest absolute Gasteiger partial charge is 0.308 e. The maximum Gasteiger partial charge on any atom is 0.0331 e. The van der Waals surface area contributed by atoms with E-state index in [4.69, 9.17) is 0 Å². The topological polar surface area (TPSA) is 15.3 Å². The van der Waals surface area contributed by atoms with Crippen LogP contribution in [0.1, 0.15) is 52.4 Å². The number of nitrogens with one attached hydrogen (secondary N) is 1. The van der Waals surface area contributed by atoms with E-state index in [1.54, 1.807) is 0 Å². The van der Waals surface area contributed by atoms with E-state index in [0.717, 1.165) is 0 Å². The first kappa shape index (κ1) is 11.4. The molecule has 2 nitrogen and oxygen atoms in total. The molecule has 0 aromatic heterocycles. The molecule has 1 aliphatic carbocycles. The fourth-order valence-corrected chi connectivity index (χ4v) is 3.27. The highest BCUT2D eigenvalue weighted by Gasteiger charge is 2.43. The van der Waals surface area contributed by atoms with Crippen LogP contribution in [0.5, 0.6) is 0 Å². The zero-order valence-corrected chi connectivity index (χ0v) is 10.6. The summed E-state index contributed by atoms with van der Waals surface area (Å²) in [5, 5.41) is 3.79. The van der Waals surface area contributed by atoms with Crippen LogP contribution in [0, 0.1) is 0 Å². The van der Waals surface area contributed by atoms with Gasteiger partial charge in [-0.2, -0.15) is 0 Å². The Morgan fingerprint density at radius 1 is 1.20 bits per heavy atom. The Hall–Kier alpha value is -0.0800. The average molecular weight is 210 g/mol. The Morgan fingerprint density at radius 3 is 2.40 bits per heavy atom. The third-order valence-electron chi connectivity index (χ3n) is 4.80. The van der Waals surface area contributed by atoms with E-state index in [-0.39, 0.29) is 0 Å². The van der Waals surface area contributed by atoms with Gasteiger partial charge in [-0.3, -0.25) is 4.90 Å². The molecule has 1 saturated heterocycles. The van der Waals surface area contributed by atoms with Gasteiger partial charge in [-0.15, -0.1) is 0 Å². The molecule has 2 rings (SSSR count). The predicted octanol–water partition coefficient (Wildman–Crippen LogP) is 2.39. The molecule has 0 aromatic rings. The van der Waals surface area contributed by atoms with E-state index in [9.17, 15) is 0 Å². The quantitative estimate of drug-likeness (QED) is 0.715. The SMILES string of the molecule is CCC1(C)CN(C)C2(CCCCC2)CN1. The summed E-state index contributed by atoms with van der Waals surface area (Å²) in [6, 6.07) is 0. The lowest BCUT2D eigenvalue weighted by Gasteiger charge is -2.54. The molecule has 2 fully saturated rings. The van der Waals surface area contributed by atoms with Crippen molar-refractivity contribution in [2.45, 2.75) is 63.5 Å². The fraction of sp³-hybridized carbons (Fsp3) is 1.00. The van der Waals surface area contributed by atoms with E-state index in [2.05, 4.69) is 31.1 Å². The maximum absolute atomic E-state index is 3.79. The van der Waals surface area contributed by atoms with Crippen LogP contribution in [0.2, 0.25) is 0 Å². The number of hydrogen-bond donors (Lipinski definition) is 1. The van der Waals surface area contributed by atoms with E-state index < -0.39 is 0 Å². The predicted molar refractivity (Wildman–Crippen MR) is 65.1 cm³/mol. The summed E-state index contributed by atoms with van der Waals surface area (Å²) in [4.78, 5) is 2.64. The van der Waals surface area contributed by atoms with E-state index in [0.29, 0.717) is 11.1 Å². The second kappa shape index (κ2) is 4.06. The third kappa shape index (κ3) is 2.07. The molecule has 0 radical (unpaired) electrons. The van der Waals surface area contributed by atoms with Crippen LogP contribution in [0.25, 0.3) is 0 Å². The highest BCUT2D eigenvalue weighted by molar-refractivity contribution is 5.03. The molecule has 1 saturated carbocycles. The van der Waals surface area contributed by atoms with Crippen LogP contribution < -0.4 is 5.32 Å². The van der Waals surface area contributed by atoms with Crippen LogP contribution >= 0.6 is 0 Å². The van der Waals surface area contributed by atoms with Gasteiger partial charge in [-0.25, -0.2) is 0 Å². The first-order valence-corrected chi connectivity index (χ1v) is 6.57. The zero-order valence-electron chi connectivity index (χ0n) is 10.6. The van der Waals surface area contributed by atoms with E-state index >= 15 is 0 Å². The van der Waals surface area contributed by atoms with Crippen LogP contribution in [0.4, 0.5) is 0 Å². The van der Waals surface area contributed by atoms with Crippen molar-refractivity contribution in [1.29, 1.82) is 0 Å². The van der Waals surface area contributed by atoms with Gasteiger partial charge in [0.2, 0.25) is 0 Å². The van der Waals surface area contributed by atoms with Gasteiger partial charge in [0.25, 0.3) is 0 Å². The number of hydrogen-bond acceptors (Lipinski definition) is 2. The summed E-state index contributed by atoms with van der Waals surface area (Å²) in [7, 11) is 2.33. The summed E-state index contributed by atoms with van der Waals surface area (Å²) in [5.41, 5.74) is 0.838. The maximum atomic E-state index is 3.79. The van der Waals surface area contributed by atoms with Crippen molar-refractivity contribution in [3.05, 3.63) is 0 Å². The standard InChI is InChI=1S/C13H26N2/c1-4-12(2)11-15(3)13(10-14-12)8-6-5-7-9-13/h14H,4-11H2,1-3H3. The van der Waals surface area contributed by atoms with Crippen molar-refractivity contribution in [1.82, 2.24) is 10.2 Å². The second-order valence-electron chi connectivity index (χ2n) is 5.91. The van der Waals surface area contributed by atoms with Crippen LogP contribution in [-0.2, 0) is 0 Å². The number of piperazine rings is 1. The van der Waals surface area contributed by atoms with Crippen molar-refractivity contribution in [2.24, 2.45) is 0 Å². The molecule has 1 unspecified atom stereocenters. The summed E-state index contributed by atoms with van der Waals surface area (Å²) in [6.45, 7) is 7.07. The Bertz CT molecular complexity index is 221. The minimum Gasteiger partial charge on any atom is -0.308 e. The summed E-state index contributed by atoms with van der Waals surface area (Å²) in [5.74, 6) is 0. The lowest BCUT2D eigenvalue weighted by molar-refractivity contribution is 0.00431. The van der Waals surface area contributed by atoms with Gasteiger partial charge in [0.15, 0.2) is 0 Å². The summed E-state index contributed by atoms with van der Waals surface area (Å²) < 4.78 is 0. The van der Waals surface area contributed by atoms with Crippen molar-refractivity contribution in [2.75, 3.05) is 20.1 Å². The van der Waals surface area contributed by atoms with Gasteiger partial charge in [0.1, 0.15) is 0 Å². The van der Waals surface area contributed by atoms with Crippen molar-refractivity contribution < 1.29 is 0 Å². The summed E-state index contributed by atoms with van der Waals surface area (Å²) >= 11 is 0. The highest BCUT2D eigenvalue weighted by atomic mass is 15.3. The highest BCUT2D eigenvalue weighted by Crippen LogP contribution is 2.36. The molecular formula is C13H26N2. The third-order valence-corrected chi connectivity index (χ3v) is 4.80. The van der Waals surface area contributed by atoms with Gasteiger partial charge in [0, 0.05) is 24.2 Å². The molecular weight excluding hydrogens is 184 g/mol. The summed E-state index contributed by atoms with van der Waals surface area (Å²) in [6.07, 6.45) is 8.32. The molecule has 0 aromatic carbocycles. The van der Waals surface area contributed by atoms with Gasteiger partial charge in [0.05, 0.1) is 0 Å². The average Bonchev–Trinajstić information content (AvgIpc) is 2.26. The lowest BCUT2D eigenvalue weighted by atomic mass is 9.76. The molecule has 15 heavy (non-hydrogen) atoms. The van der Waals surface area contributed by atoms with Gasteiger partial charge in [-0.05, 0) is 33.2 Å². The van der Waals surface area contributed by atoms with Crippen molar-refractivity contribution >= 4 is 0 Å². The normalized spacial score (nSPS) is 37.0. The van der Waals surface area contributed by atoms with Crippen molar-refractivity contribution in [3.63, 3.8) is 0 Å². The van der Waals surface area contributed by atoms with E-state index in [1.165, 1.54) is 51.6 Å². The molecule has 2 heteroatoms. The minimum atomic E-state index is 0.345. The molecule has 88 valence electrons. The fourth-order valence-electron chi connectivity index (χ4n) is 3.27. The Kier molecular flexibility index (Phi) is 3.09. The molecule has 1 heterocycles. The second-order valence-corrected chi connectivity index (χ2v) is 5.91. The smallest absolute Gasteiger partial charge is 0.0331 e. The number of rotatable bonds is 1. The first-order valence-electron chi connectivity index (χ1n) is 6.57. The Morgan fingerprint density at radius 2 is 1.87 bits per heavy atom. The first-order chi connectivity index (χ1) is 7.10. The van der Waals surface area contributed by atoms with Gasteiger partial charge in [-0.1, -0.05) is 26.2 Å². The molecule has 1 aliphatic heterocycles. The van der Waals surface area contributed by atoms with Gasteiger partial charge >= 0.3 is 0 Å². The van der Waals surface area contributed by atoms with Crippen LogP contribution in [-0.4, -0.2) is 36.1 Å². The number of nitrogens with zero attached hydrogens (tertiary/aromatic N) is 1. The molecule has 2 aliphatic rings. The lowest BCUT2D eigenvalue weighted by Crippen LogP contribution is -2.68. The molecule has 0 bridgehead atoms. The Labute approximate surface area is 94.4 Å². The minimum absolute atomic E-state index is 0.345. The molecule has 1 atom stereocenters. The van der Waals surface area contributed by atoms with E-state index in [1.807, 2.05) is 0 Å². The van der Waals surface area contributed by atoms with Gasteiger partial charge < -0.3 is 5.32 Å². The Balaban J connectivity index is 2.05. The van der Waals surface area contributed by atoms with Crippen LogP contribution in [0.3, 0.4) is 0 Å². The molecule has 0 amide bonds. The monoisotopic (exact) mass is 210 g/mol.